The van der Waals surface area contributed by atoms with E-state index >= 15 is 0 Å². The summed E-state index contributed by atoms with van der Waals surface area (Å²) in [5.41, 5.74) is 3.76. The van der Waals surface area contributed by atoms with Gasteiger partial charge in [-0.25, -0.2) is 13.6 Å². The number of aromatic carboxylic acids is 1. The highest BCUT2D eigenvalue weighted by molar-refractivity contribution is 5.88. The number of nitrogens with one attached hydrogen (secondary N) is 1. The summed E-state index contributed by atoms with van der Waals surface area (Å²) < 4.78 is 40.3. The highest BCUT2D eigenvalue weighted by Gasteiger charge is 2.41. The Kier molecular flexibility index (Phi) is 7.19. The zero-order valence-corrected chi connectivity index (χ0v) is 19.6. The maximum absolute atomic E-state index is 14.4. The normalized spacial score (nSPS) is 21.3. The molecule has 1 fully saturated rings. The SMILES string of the molecule is CCO[C@@H]1C[C@H](C(F)F)N(Cc2c(OC)cc(C)c3[nH]ccc23)[C@H](c2ccc(C(=O)O)cc2)C1. The molecule has 34 heavy (non-hydrogen) atoms. The smallest absolute Gasteiger partial charge is 0.335 e. The molecular weight excluding hydrogens is 442 g/mol. The number of carboxylic acid groups (broad SMARTS) is 1. The van der Waals surface area contributed by atoms with Crippen LogP contribution in [0.2, 0.25) is 0 Å². The average Bonchev–Trinajstić information content (AvgIpc) is 3.32. The summed E-state index contributed by atoms with van der Waals surface area (Å²) in [7, 11) is 1.59. The number of carbonyl (C=O) groups is 1. The Labute approximate surface area is 197 Å². The van der Waals surface area contributed by atoms with Gasteiger partial charge in [0, 0.05) is 41.9 Å². The monoisotopic (exact) mass is 472 g/mol. The first kappa shape index (κ1) is 24.2. The van der Waals surface area contributed by atoms with Crippen molar-refractivity contribution in [2.24, 2.45) is 0 Å². The van der Waals surface area contributed by atoms with E-state index in [2.05, 4.69) is 4.98 Å². The van der Waals surface area contributed by atoms with E-state index in [1.54, 1.807) is 19.2 Å². The first-order valence-corrected chi connectivity index (χ1v) is 11.5. The molecule has 0 spiro atoms. The molecule has 2 aromatic carbocycles. The van der Waals surface area contributed by atoms with Crippen molar-refractivity contribution in [3.05, 3.63) is 64.8 Å². The van der Waals surface area contributed by atoms with E-state index in [1.807, 2.05) is 37.1 Å². The fraction of sp³-hybridized carbons (Fsp3) is 0.423. The van der Waals surface area contributed by atoms with Gasteiger partial charge in [0.2, 0.25) is 0 Å². The molecule has 3 aromatic rings. The maximum Gasteiger partial charge on any atom is 0.335 e. The van der Waals surface area contributed by atoms with E-state index in [9.17, 15) is 18.7 Å². The van der Waals surface area contributed by atoms with Gasteiger partial charge in [-0.15, -0.1) is 0 Å². The van der Waals surface area contributed by atoms with Crippen LogP contribution >= 0.6 is 0 Å². The molecule has 4 rings (SSSR count). The molecule has 1 aliphatic rings. The number of rotatable bonds is 8. The third kappa shape index (κ3) is 4.65. The topological polar surface area (TPSA) is 74.8 Å². The summed E-state index contributed by atoms with van der Waals surface area (Å²) in [6.45, 7) is 4.55. The van der Waals surface area contributed by atoms with Crippen molar-refractivity contribution in [3.63, 3.8) is 0 Å². The average molecular weight is 473 g/mol. The molecule has 0 bridgehead atoms. The van der Waals surface area contributed by atoms with Gasteiger partial charge in [-0.1, -0.05) is 12.1 Å². The quantitative estimate of drug-likeness (QED) is 0.449. The molecule has 6 nitrogen and oxygen atoms in total. The Hall–Kier alpha value is -2.97. The van der Waals surface area contributed by atoms with Gasteiger partial charge in [-0.2, -0.15) is 0 Å². The lowest BCUT2D eigenvalue weighted by Crippen LogP contribution is -2.50. The van der Waals surface area contributed by atoms with Crippen molar-refractivity contribution in [2.45, 2.75) is 57.8 Å². The van der Waals surface area contributed by atoms with Gasteiger partial charge >= 0.3 is 5.97 Å². The van der Waals surface area contributed by atoms with Crippen molar-refractivity contribution in [1.29, 1.82) is 0 Å². The van der Waals surface area contributed by atoms with Crippen LogP contribution in [0.5, 0.6) is 5.75 Å². The number of nitrogens with zero attached hydrogens (tertiary/aromatic N) is 1. The van der Waals surface area contributed by atoms with Crippen LogP contribution in [-0.2, 0) is 11.3 Å². The number of piperidine rings is 1. The van der Waals surface area contributed by atoms with E-state index in [4.69, 9.17) is 9.47 Å². The minimum Gasteiger partial charge on any atom is -0.496 e. The summed E-state index contributed by atoms with van der Waals surface area (Å²) >= 11 is 0. The molecule has 0 radical (unpaired) electrons. The number of alkyl halides is 2. The van der Waals surface area contributed by atoms with E-state index < -0.39 is 18.4 Å². The van der Waals surface area contributed by atoms with E-state index in [-0.39, 0.29) is 30.7 Å². The summed E-state index contributed by atoms with van der Waals surface area (Å²) in [4.78, 5) is 16.4. The molecule has 0 amide bonds. The molecule has 182 valence electrons. The number of hydrogen-bond donors (Lipinski definition) is 2. The fourth-order valence-electron chi connectivity index (χ4n) is 5.10. The predicted molar refractivity (Wildman–Crippen MR) is 126 cm³/mol. The number of likely N-dealkylation sites (tertiary alicyclic amines) is 1. The maximum atomic E-state index is 14.4. The van der Waals surface area contributed by atoms with Crippen molar-refractivity contribution >= 4 is 16.9 Å². The highest BCUT2D eigenvalue weighted by Crippen LogP contribution is 2.41. The van der Waals surface area contributed by atoms with Gasteiger partial charge in [0.1, 0.15) is 5.75 Å². The summed E-state index contributed by atoms with van der Waals surface area (Å²) in [5.74, 6) is -0.367. The molecule has 2 N–H and O–H groups in total. The minimum absolute atomic E-state index is 0.159. The van der Waals surface area contributed by atoms with Gasteiger partial charge < -0.3 is 19.6 Å². The first-order chi connectivity index (χ1) is 16.3. The van der Waals surface area contributed by atoms with E-state index in [0.717, 1.165) is 27.6 Å². The number of ether oxygens (including phenoxy) is 2. The molecule has 0 unspecified atom stereocenters. The zero-order valence-electron chi connectivity index (χ0n) is 19.6. The molecule has 3 atom stereocenters. The van der Waals surface area contributed by atoms with Crippen LogP contribution in [-0.4, -0.2) is 53.2 Å². The van der Waals surface area contributed by atoms with Crippen LogP contribution in [0.1, 0.15) is 52.9 Å². The molecule has 0 saturated carbocycles. The number of benzene rings is 2. The van der Waals surface area contributed by atoms with Crippen LogP contribution in [0.4, 0.5) is 8.78 Å². The van der Waals surface area contributed by atoms with Crippen molar-refractivity contribution < 1.29 is 28.2 Å². The summed E-state index contributed by atoms with van der Waals surface area (Å²) in [6.07, 6.45) is -0.277. The van der Waals surface area contributed by atoms with Crippen LogP contribution in [0.15, 0.2) is 42.6 Å². The van der Waals surface area contributed by atoms with Crippen LogP contribution in [0, 0.1) is 6.92 Å². The van der Waals surface area contributed by atoms with Gasteiger partial charge in [-0.3, -0.25) is 4.90 Å². The lowest BCUT2D eigenvalue weighted by atomic mass is 9.87. The molecular formula is C26H30F2N2O4. The van der Waals surface area contributed by atoms with Gasteiger partial charge in [0.15, 0.2) is 0 Å². The Morgan fingerprint density at radius 1 is 1.24 bits per heavy atom. The van der Waals surface area contributed by atoms with E-state index in [1.165, 1.54) is 12.1 Å². The summed E-state index contributed by atoms with van der Waals surface area (Å²) in [5, 5.41) is 10.2. The minimum atomic E-state index is -2.57. The van der Waals surface area contributed by atoms with Crippen LogP contribution in [0.3, 0.4) is 0 Å². The predicted octanol–water partition coefficient (Wildman–Crippen LogP) is 5.56. The van der Waals surface area contributed by atoms with Crippen LogP contribution in [0.25, 0.3) is 10.9 Å². The standard InChI is InChI=1S/C26H30F2N2O4/c1-4-34-18-12-21(16-5-7-17(8-6-16)26(31)32)30(22(13-18)25(27)28)14-20-19-9-10-29-24(19)15(2)11-23(20)33-3/h5-11,18,21-22,25,29H,4,12-14H2,1-3H3,(H,31,32)/t18-,21-,22+/m0/s1. The molecule has 1 aromatic heterocycles. The van der Waals surface area contributed by atoms with Crippen molar-refractivity contribution in [2.75, 3.05) is 13.7 Å². The molecule has 1 aliphatic heterocycles. The highest BCUT2D eigenvalue weighted by atomic mass is 19.3. The second-order valence-electron chi connectivity index (χ2n) is 8.71. The Bertz CT molecular complexity index is 1150. The van der Waals surface area contributed by atoms with Gasteiger partial charge in [0.25, 0.3) is 6.43 Å². The van der Waals surface area contributed by atoms with Crippen molar-refractivity contribution in [1.82, 2.24) is 9.88 Å². The Morgan fingerprint density at radius 3 is 2.59 bits per heavy atom. The number of aromatic nitrogens is 1. The molecule has 1 saturated heterocycles. The number of fused-ring (bicyclic) bond motifs is 1. The fourth-order valence-corrected chi connectivity index (χ4v) is 5.10. The van der Waals surface area contributed by atoms with E-state index in [0.29, 0.717) is 18.8 Å². The number of aromatic amines is 1. The number of carboxylic acids is 1. The summed E-state index contributed by atoms with van der Waals surface area (Å²) in [6, 6.07) is 8.97. The Morgan fingerprint density at radius 2 is 1.97 bits per heavy atom. The molecule has 8 heteroatoms. The van der Waals surface area contributed by atoms with Gasteiger partial charge in [0.05, 0.1) is 24.8 Å². The van der Waals surface area contributed by atoms with Crippen LogP contribution < -0.4 is 4.74 Å². The van der Waals surface area contributed by atoms with Gasteiger partial charge in [-0.05, 0) is 62.1 Å². The lowest BCUT2D eigenvalue weighted by Gasteiger charge is -2.45. The number of methoxy groups -OCH3 is 1. The second kappa shape index (κ2) is 10.1. The number of aryl methyl sites for hydroxylation is 1. The Balaban J connectivity index is 1.79. The molecule has 2 heterocycles. The zero-order chi connectivity index (χ0) is 24.4. The number of hydrogen-bond acceptors (Lipinski definition) is 4. The van der Waals surface area contributed by atoms with Crippen molar-refractivity contribution in [3.8, 4) is 5.75 Å². The number of halogens is 2. The second-order valence-corrected chi connectivity index (χ2v) is 8.71. The third-order valence-corrected chi connectivity index (χ3v) is 6.72. The number of H-pyrrole nitrogens is 1. The largest absolute Gasteiger partial charge is 0.496 e. The lowest BCUT2D eigenvalue weighted by molar-refractivity contribution is -0.0881. The molecule has 0 aliphatic carbocycles. The first-order valence-electron chi connectivity index (χ1n) is 11.5. The third-order valence-electron chi connectivity index (χ3n) is 6.72.